The number of thioether (sulfide) groups is 1. The van der Waals surface area contributed by atoms with Crippen LogP contribution in [0.1, 0.15) is 6.92 Å². The molecule has 1 aliphatic rings. The molecular weight excluding hydrogens is 365 g/mol. The lowest BCUT2D eigenvalue weighted by Gasteiger charge is -2.25. The van der Waals surface area contributed by atoms with E-state index in [4.69, 9.17) is 9.84 Å². The summed E-state index contributed by atoms with van der Waals surface area (Å²) in [4.78, 5) is 24.6. The number of aliphatic carboxylic acids is 1. The van der Waals surface area contributed by atoms with Crippen LogP contribution in [0.25, 0.3) is 0 Å². The van der Waals surface area contributed by atoms with E-state index in [0.29, 0.717) is 16.0 Å². The largest absolute Gasteiger partial charge is 0.483 e. The first kappa shape index (κ1) is 16.1. The molecule has 1 heterocycles. The van der Waals surface area contributed by atoms with E-state index in [1.807, 2.05) is 0 Å². The topological polar surface area (TPSA) is 66.8 Å². The van der Waals surface area contributed by atoms with Gasteiger partial charge in [0.15, 0.2) is 6.61 Å². The van der Waals surface area contributed by atoms with Gasteiger partial charge >= 0.3 is 5.97 Å². The quantitative estimate of drug-likeness (QED) is 0.871. The summed E-state index contributed by atoms with van der Waals surface area (Å²) in [5.74, 6) is -1.16. The molecule has 1 amide bonds. The van der Waals surface area contributed by atoms with E-state index in [9.17, 15) is 14.0 Å². The van der Waals surface area contributed by atoms with E-state index in [-0.39, 0.29) is 12.0 Å². The standard InChI is InChI=1S/C13H13BrFNO4S/c1-7-16(10(6-21-7)13(18)19)12(17)5-20-11-3-2-8(15)4-9(11)14/h2-4,7,10H,5-6H2,1H3,(H,18,19). The van der Waals surface area contributed by atoms with Crippen LogP contribution in [0.5, 0.6) is 5.75 Å². The average molecular weight is 378 g/mol. The van der Waals surface area contributed by atoms with E-state index < -0.39 is 23.7 Å². The van der Waals surface area contributed by atoms with Crippen molar-refractivity contribution < 1.29 is 23.8 Å². The van der Waals surface area contributed by atoms with Gasteiger partial charge in [-0.1, -0.05) is 0 Å². The molecule has 2 atom stereocenters. The first-order valence-corrected chi connectivity index (χ1v) is 7.97. The van der Waals surface area contributed by atoms with Gasteiger partial charge in [0.25, 0.3) is 5.91 Å². The number of carbonyl (C=O) groups is 2. The number of carbonyl (C=O) groups excluding carboxylic acids is 1. The average Bonchev–Trinajstić information content (AvgIpc) is 2.79. The van der Waals surface area contributed by atoms with E-state index in [2.05, 4.69) is 15.9 Å². The lowest BCUT2D eigenvalue weighted by atomic mass is 10.3. The molecule has 1 saturated heterocycles. The van der Waals surface area contributed by atoms with Crippen molar-refractivity contribution in [2.24, 2.45) is 0 Å². The fourth-order valence-corrected chi connectivity index (χ4v) is 3.67. The number of carboxylic acid groups (broad SMARTS) is 1. The van der Waals surface area contributed by atoms with Crippen molar-refractivity contribution >= 4 is 39.6 Å². The molecule has 21 heavy (non-hydrogen) atoms. The predicted molar refractivity (Wildman–Crippen MR) is 79.8 cm³/mol. The maximum absolute atomic E-state index is 13.0. The molecule has 2 unspecified atom stereocenters. The number of hydrogen-bond acceptors (Lipinski definition) is 4. The second-order valence-electron chi connectivity index (χ2n) is 4.45. The number of benzene rings is 1. The highest BCUT2D eigenvalue weighted by Crippen LogP contribution is 2.30. The maximum Gasteiger partial charge on any atom is 0.327 e. The number of ether oxygens (including phenoxy) is 1. The molecule has 0 radical (unpaired) electrons. The van der Waals surface area contributed by atoms with Crippen LogP contribution in [0.15, 0.2) is 22.7 Å². The Morgan fingerprint density at radius 2 is 2.29 bits per heavy atom. The van der Waals surface area contributed by atoms with Gasteiger partial charge in [0.2, 0.25) is 0 Å². The zero-order valence-electron chi connectivity index (χ0n) is 11.1. The molecule has 0 aromatic heterocycles. The molecule has 1 fully saturated rings. The third-order valence-electron chi connectivity index (χ3n) is 3.04. The molecular formula is C13H13BrFNO4S. The minimum absolute atomic E-state index is 0.209. The first-order valence-electron chi connectivity index (χ1n) is 6.13. The fourth-order valence-electron chi connectivity index (χ4n) is 2.02. The van der Waals surface area contributed by atoms with Crippen LogP contribution in [-0.2, 0) is 9.59 Å². The van der Waals surface area contributed by atoms with Gasteiger partial charge in [-0.05, 0) is 41.1 Å². The highest BCUT2D eigenvalue weighted by molar-refractivity contribution is 9.10. The Morgan fingerprint density at radius 3 is 2.90 bits per heavy atom. The highest BCUT2D eigenvalue weighted by atomic mass is 79.9. The van der Waals surface area contributed by atoms with Crippen molar-refractivity contribution in [3.8, 4) is 5.75 Å². The van der Waals surface area contributed by atoms with Gasteiger partial charge in [0.1, 0.15) is 17.6 Å². The normalized spacial score (nSPS) is 21.4. The monoisotopic (exact) mass is 377 g/mol. The van der Waals surface area contributed by atoms with Crippen LogP contribution in [0.3, 0.4) is 0 Å². The third kappa shape index (κ3) is 3.68. The molecule has 114 valence electrons. The Bertz CT molecular complexity index is 571. The van der Waals surface area contributed by atoms with Gasteiger partial charge in [0.05, 0.1) is 9.85 Å². The van der Waals surface area contributed by atoms with Crippen LogP contribution in [0, 0.1) is 5.82 Å². The Hall–Kier alpha value is -1.28. The van der Waals surface area contributed by atoms with Gasteiger partial charge in [-0.3, -0.25) is 4.79 Å². The van der Waals surface area contributed by atoms with Crippen LogP contribution in [0.2, 0.25) is 0 Å². The van der Waals surface area contributed by atoms with Crippen molar-refractivity contribution in [2.75, 3.05) is 12.4 Å². The van der Waals surface area contributed by atoms with Crippen molar-refractivity contribution in [1.29, 1.82) is 0 Å². The summed E-state index contributed by atoms with van der Waals surface area (Å²) in [6.45, 7) is 1.48. The molecule has 1 aromatic carbocycles. The van der Waals surface area contributed by atoms with Gasteiger partial charge in [-0.25, -0.2) is 9.18 Å². The van der Waals surface area contributed by atoms with Crippen molar-refractivity contribution in [3.05, 3.63) is 28.5 Å². The summed E-state index contributed by atoms with van der Waals surface area (Å²) in [6, 6.07) is 3.02. The van der Waals surface area contributed by atoms with E-state index in [1.165, 1.54) is 34.9 Å². The lowest BCUT2D eigenvalue weighted by Crippen LogP contribution is -2.46. The number of rotatable bonds is 4. The minimum atomic E-state index is -1.02. The number of halogens is 2. The Morgan fingerprint density at radius 1 is 1.57 bits per heavy atom. The van der Waals surface area contributed by atoms with Crippen LogP contribution < -0.4 is 4.74 Å². The minimum Gasteiger partial charge on any atom is -0.483 e. The zero-order chi connectivity index (χ0) is 15.6. The molecule has 0 saturated carbocycles. The molecule has 0 spiro atoms. The molecule has 5 nitrogen and oxygen atoms in total. The SMILES string of the molecule is CC1SCC(C(=O)O)N1C(=O)COc1ccc(F)cc1Br. The summed E-state index contributed by atoms with van der Waals surface area (Å²) in [5, 5.41) is 8.90. The summed E-state index contributed by atoms with van der Waals surface area (Å²) in [7, 11) is 0. The van der Waals surface area contributed by atoms with Crippen molar-refractivity contribution in [1.82, 2.24) is 4.90 Å². The molecule has 1 aliphatic heterocycles. The molecule has 1 N–H and O–H groups in total. The molecule has 0 bridgehead atoms. The van der Waals surface area contributed by atoms with Gasteiger partial charge in [0, 0.05) is 5.75 Å². The summed E-state index contributed by atoms with van der Waals surface area (Å²) < 4.78 is 18.7. The Balaban J connectivity index is 2.02. The first-order chi connectivity index (χ1) is 9.90. The smallest absolute Gasteiger partial charge is 0.327 e. The van der Waals surface area contributed by atoms with Gasteiger partial charge < -0.3 is 14.7 Å². The Kier molecular flexibility index (Phi) is 5.10. The van der Waals surface area contributed by atoms with E-state index >= 15 is 0 Å². The van der Waals surface area contributed by atoms with Crippen LogP contribution in [0.4, 0.5) is 4.39 Å². The second kappa shape index (κ2) is 6.65. The van der Waals surface area contributed by atoms with Gasteiger partial charge in [-0.15, -0.1) is 11.8 Å². The van der Waals surface area contributed by atoms with Crippen LogP contribution >= 0.6 is 27.7 Å². The second-order valence-corrected chi connectivity index (χ2v) is 6.65. The number of carboxylic acids is 1. The maximum atomic E-state index is 13.0. The van der Waals surface area contributed by atoms with E-state index in [0.717, 1.165) is 0 Å². The summed E-state index contributed by atoms with van der Waals surface area (Å²) in [6.07, 6.45) is 0. The number of amides is 1. The number of hydrogen-bond donors (Lipinski definition) is 1. The number of nitrogens with zero attached hydrogens (tertiary/aromatic N) is 1. The summed E-state index contributed by atoms with van der Waals surface area (Å²) >= 11 is 4.55. The van der Waals surface area contributed by atoms with Gasteiger partial charge in [-0.2, -0.15) is 0 Å². The van der Waals surface area contributed by atoms with E-state index in [1.54, 1.807) is 6.92 Å². The van der Waals surface area contributed by atoms with Crippen molar-refractivity contribution in [2.45, 2.75) is 18.3 Å². The predicted octanol–water partition coefficient (Wildman–Crippen LogP) is 2.34. The van der Waals surface area contributed by atoms with Crippen molar-refractivity contribution in [3.63, 3.8) is 0 Å². The lowest BCUT2D eigenvalue weighted by molar-refractivity contribution is -0.149. The molecule has 0 aliphatic carbocycles. The highest BCUT2D eigenvalue weighted by Gasteiger charge is 2.39. The molecule has 1 aromatic rings. The summed E-state index contributed by atoms with van der Waals surface area (Å²) in [5.41, 5.74) is 0. The molecule has 2 rings (SSSR count). The fraction of sp³-hybridized carbons (Fsp3) is 0.385. The third-order valence-corrected chi connectivity index (χ3v) is 4.88. The zero-order valence-corrected chi connectivity index (χ0v) is 13.5. The van der Waals surface area contributed by atoms with Crippen LogP contribution in [-0.4, -0.2) is 45.7 Å². The Labute approximate surface area is 133 Å². The molecule has 8 heteroatoms.